The molecular formula is C13H15ClN4O. The molecule has 0 bridgehead atoms. The number of nitrogens with one attached hydrogen (secondary N) is 1. The van der Waals surface area contributed by atoms with Crippen molar-refractivity contribution in [3.05, 3.63) is 40.7 Å². The van der Waals surface area contributed by atoms with Gasteiger partial charge in [-0.25, -0.2) is 0 Å². The lowest BCUT2D eigenvalue weighted by atomic mass is 10.2. The van der Waals surface area contributed by atoms with E-state index in [4.69, 9.17) is 17.3 Å². The third-order valence-corrected chi connectivity index (χ3v) is 3.31. The van der Waals surface area contributed by atoms with Crippen molar-refractivity contribution in [2.45, 2.75) is 20.4 Å². The van der Waals surface area contributed by atoms with Gasteiger partial charge < -0.3 is 11.1 Å². The average Bonchev–Trinajstić information content (AvgIpc) is 2.76. The molecule has 6 heteroatoms. The monoisotopic (exact) mass is 278 g/mol. The van der Waals surface area contributed by atoms with Gasteiger partial charge in [-0.05, 0) is 31.5 Å². The van der Waals surface area contributed by atoms with Gasteiger partial charge in [-0.15, -0.1) is 0 Å². The maximum atomic E-state index is 12.2. The van der Waals surface area contributed by atoms with Crippen LogP contribution < -0.4 is 11.1 Å². The Labute approximate surface area is 116 Å². The second-order valence-corrected chi connectivity index (χ2v) is 4.54. The molecule has 1 aromatic heterocycles. The van der Waals surface area contributed by atoms with Gasteiger partial charge in [0.2, 0.25) is 0 Å². The molecular weight excluding hydrogens is 264 g/mol. The molecule has 5 nitrogen and oxygen atoms in total. The van der Waals surface area contributed by atoms with Crippen LogP contribution in [0.1, 0.15) is 23.0 Å². The fourth-order valence-corrected chi connectivity index (χ4v) is 1.99. The molecule has 0 saturated carbocycles. The number of nitrogens with zero attached hydrogens (tertiary/aromatic N) is 2. The third kappa shape index (κ3) is 2.56. The summed E-state index contributed by atoms with van der Waals surface area (Å²) in [5.74, 6) is -0.290. The summed E-state index contributed by atoms with van der Waals surface area (Å²) in [7, 11) is 0. The van der Waals surface area contributed by atoms with E-state index >= 15 is 0 Å². The first-order valence-electron chi connectivity index (χ1n) is 5.92. The van der Waals surface area contributed by atoms with Gasteiger partial charge in [0.15, 0.2) is 0 Å². The summed E-state index contributed by atoms with van der Waals surface area (Å²) in [6, 6.07) is 5.35. The first-order valence-corrected chi connectivity index (χ1v) is 6.30. The number of halogens is 1. The minimum Gasteiger partial charge on any atom is -0.396 e. The molecule has 0 saturated heterocycles. The Balaban J connectivity index is 2.31. The van der Waals surface area contributed by atoms with E-state index in [2.05, 4.69) is 10.4 Å². The van der Waals surface area contributed by atoms with Gasteiger partial charge in [0, 0.05) is 17.3 Å². The van der Waals surface area contributed by atoms with E-state index in [-0.39, 0.29) is 5.91 Å². The van der Waals surface area contributed by atoms with Crippen LogP contribution in [0.5, 0.6) is 0 Å². The standard InChI is InChI=1S/C13H15ClN4O/c1-3-18-12(10(15)7-16-18)13(19)17-11-6-4-5-9(14)8(11)2/h4-7H,3,15H2,1-2H3,(H,17,19). The molecule has 0 aliphatic carbocycles. The molecule has 1 amide bonds. The third-order valence-electron chi connectivity index (χ3n) is 2.90. The Morgan fingerprint density at radius 3 is 2.95 bits per heavy atom. The van der Waals surface area contributed by atoms with Crippen molar-refractivity contribution in [3.63, 3.8) is 0 Å². The first-order chi connectivity index (χ1) is 9.04. The second-order valence-electron chi connectivity index (χ2n) is 4.13. The number of aryl methyl sites for hydroxylation is 1. The number of hydrogen-bond acceptors (Lipinski definition) is 3. The first kappa shape index (κ1) is 13.4. The molecule has 19 heavy (non-hydrogen) atoms. The molecule has 100 valence electrons. The number of benzene rings is 1. The Hall–Kier alpha value is -2.01. The number of rotatable bonds is 3. The second kappa shape index (κ2) is 5.32. The summed E-state index contributed by atoms with van der Waals surface area (Å²) in [6.07, 6.45) is 1.48. The molecule has 2 aromatic rings. The zero-order chi connectivity index (χ0) is 14.0. The summed E-state index contributed by atoms with van der Waals surface area (Å²) in [6.45, 7) is 4.32. The van der Waals surface area contributed by atoms with Crippen molar-refractivity contribution in [1.29, 1.82) is 0 Å². The number of amides is 1. The lowest BCUT2D eigenvalue weighted by Gasteiger charge is -2.10. The summed E-state index contributed by atoms with van der Waals surface area (Å²) in [5.41, 5.74) is 7.98. The van der Waals surface area contributed by atoms with Crippen LogP contribution in [-0.4, -0.2) is 15.7 Å². The summed E-state index contributed by atoms with van der Waals surface area (Å²) >= 11 is 6.02. The van der Waals surface area contributed by atoms with Gasteiger partial charge in [-0.2, -0.15) is 5.10 Å². The van der Waals surface area contributed by atoms with Gasteiger partial charge in [-0.1, -0.05) is 17.7 Å². The van der Waals surface area contributed by atoms with E-state index in [1.165, 1.54) is 6.20 Å². The van der Waals surface area contributed by atoms with E-state index < -0.39 is 0 Å². The highest BCUT2D eigenvalue weighted by Crippen LogP contribution is 2.24. The van der Waals surface area contributed by atoms with Crippen LogP contribution in [0, 0.1) is 6.92 Å². The Morgan fingerprint density at radius 1 is 1.53 bits per heavy atom. The summed E-state index contributed by atoms with van der Waals surface area (Å²) in [5, 5.41) is 7.45. The minimum atomic E-state index is -0.290. The Kier molecular flexibility index (Phi) is 3.76. The average molecular weight is 279 g/mol. The molecule has 1 aromatic carbocycles. The molecule has 0 radical (unpaired) electrons. The smallest absolute Gasteiger partial charge is 0.276 e. The quantitative estimate of drug-likeness (QED) is 0.907. The fraction of sp³-hybridized carbons (Fsp3) is 0.231. The lowest BCUT2D eigenvalue weighted by Crippen LogP contribution is -2.19. The molecule has 1 heterocycles. The molecule has 0 aliphatic rings. The molecule has 0 spiro atoms. The van der Waals surface area contributed by atoms with Crippen LogP contribution in [0.15, 0.2) is 24.4 Å². The van der Waals surface area contributed by atoms with E-state index in [9.17, 15) is 4.79 Å². The molecule has 2 rings (SSSR count). The van der Waals surface area contributed by atoms with Crippen LogP contribution in [0.3, 0.4) is 0 Å². The molecule has 0 fully saturated rings. The van der Waals surface area contributed by atoms with Crippen LogP contribution in [0.2, 0.25) is 5.02 Å². The highest BCUT2D eigenvalue weighted by Gasteiger charge is 2.17. The number of carbonyl (C=O) groups excluding carboxylic acids is 1. The van der Waals surface area contributed by atoms with Crippen LogP contribution in [0.4, 0.5) is 11.4 Å². The minimum absolute atomic E-state index is 0.290. The van der Waals surface area contributed by atoms with Crippen molar-refractivity contribution in [1.82, 2.24) is 9.78 Å². The van der Waals surface area contributed by atoms with Crippen molar-refractivity contribution in [2.24, 2.45) is 0 Å². The van der Waals surface area contributed by atoms with Crippen molar-refractivity contribution in [3.8, 4) is 0 Å². The van der Waals surface area contributed by atoms with Crippen molar-refractivity contribution < 1.29 is 4.79 Å². The highest BCUT2D eigenvalue weighted by atomic mass is 35.5. The number of nitrogen functional groups attached to an aromatic ring is 1. The fourth-order valence-electron chi connectivity index (χ4n) is 1.81. The zero-order valence-electron chi connectivity index (χ0n) is 10.8. The van der Waals surface area contributed by atoms with Gasteiger partial charge in [0.25, 0.3) is 5.91 Å². The largest absolute Gasteiger partial charge is 0.396 e. The van der Waals surface area contributed by atoms with Crippen molar-refractivity contribution >= 4 is 28.9 Å². The van der Waals surface area contributed by atoms with Gasteiger partial charge in [0.1, 0.15) is 5.69 Å². The number of carbonyl (C=O) groups is 1. The number of anilines is 2. The van der Waals surface area contributed by atoms with Gasteiger partial charge in [0.05, 0.1) is 11.9 Å². The number of aromatic nitrogens is 2. The molecule has 0 aliphatic heterocycles. The summed E-state index contributed by atoms with van der Waals surface area (Å²) in [4.78, 5) is 12.2. The van der Waals surface area contributed by atoms with Crippen LogP contribution in [0.25, 0.3) is 0 Å². The zero-order valence-corrected chi connectivity index (χ0v) is 11.5. The Morgan fingerprint density at radius 2 is 2.26 bits per heavy atom. The molecule has 3 N–H and O–H groups in total. The molecule has 0 atom stereocenters. The van der Waals surface area contributed by atoms with Crippen LogP contribution in [-0.2, 0) is 6.54 Å². The maximum absolute atomic E-state index is 12.2. The van der Waals surface area contributed by atoms with Crippen molar-refractivity contribution in [2.75, 3.05) is 11.1 Å². The van der Waals surface area contributed by atoms with E-state index in [0.717, 1.165) is 5.56 Å². The van der Waals surface area contributed by atoms with E-state index in [1.54, 1.807) is 22.9 Å². The predicted octanol–water partition coefficient (Wildman–Crippen LogP) is 2.70. The maximum Gasteiger partial charge on any atom is 0.276 e. The number of nitrogens with two attached hydrogens (primary N) is 1. The SMILES string of the molecule is CCn1ncc(N)c1C(=O)Nc1cccc(Cl)c1C. The lowest BCUT2D eigenvalue weighted by molar-refractivity contribution is 0.101. The Bertz CT molecular complexity index is 621. The summed E-state index contributed by atoms with van der Waals surface area (Å²) < 4.78 is 1.56. The highest BCUT2D eigenvalue weighted by molar-refractivity contribution is 6.31. The molecule has 0 unspecified atom stereocenters. The normalized spacial score (nSPS) is 10.5. The van der Waals surface area contributed by atoms with Gasteiger partial charge in [-0.3, -0.25) is 9.48 Å². The van der Waals surface area contributed by atoms with Crippen LogP contribution >= 0.6 is 11.6 Å². The van der Waals surface area contributed by atoms with E-state index in [0.29, 0.717) is 28.6 Å². The van der Waals surface area contributed by atoms with Gasteiger partial charge >= 0.3 is 0 Å². The van der Waals surface area contributed by atoms with E-state index in [1.807, 2.05) is 13.8 Å². The predicted molar refractivity (Wildman–Crippen MR) is 76.5 cm³/mol. The topological polar surface area (TPSA) is 72.9 Å². The number of hydrogen-bond donors (Lipinski definition) is 2.